The summed E-state index contributed by atoms with van der Waals surface area (Å²) in [7, 11) is 0. The molecule has 24 heavy (non-hydrogen) atoms. The summed E-state index contributed by atoms with van der Waals surface area (Å²) in [6, 6.07) is 24.8. The van der Waals surface area contributed by atoms with Crippen LogP contribution in [0.2, 0.25) is 0 Å². The van der Waals surface area contributed by atoms with Crippen LogP contribution in [0.4, 0.5) is 5.69 Å². The quantitative estimate of drug-likeness (QED) is 0.653. The Morgan fingerprint density at radius 3 is 2.08 bits per heavy atom. The lowest BCUT2D eigenvalue weighted by molar-refractivity contribution is 0.303. The first-order valence-electron chi connectivity index (χ1n) is 8.32. The molecule has 2 N–H and O–H groups in total. The topological polar surface area (TPSA) is 35.2 Å². The number of nitrogens with two attached hydrogens (primary N) is 1. The fourth-order valence-electron chi connectivity index (χ4n) is 2.73. The van der Waals surface area contributed by atoms with Crippen LogP contribution in [0, 0.1) is 6.92 Å². The number of benzene rings is 3. The van der Waals surface area contributed by atoms with Crippen LogP contribution in [-0.2, 0) is 19.4 Å². The smallest absolute Gasteiger partial charge is 0.123 e. The summed E-state index contributed by atoms with van der Waals surface area (Å²) in [5, 5.41) is 0. The second-order valence-electron chi connectivity index (χ2n) is 6.08. The molecule has 0 aliphatic carbocycles. The zero-order chi connectivity index (χ0) is 16.8. The lowest BCUT2D eigenvalue weighted by Crippen LogP contribution is -2.02. The molecule has 0 saturated carbocycles. The molecular weight excluding hydrogens is 294 g/mol. The van der Waals surface area contributed by atoms with Gasteiger partial charge in [0.1, 0.15) is 12.4 Å². The Bertz CT molecular complexity index is 713. The van der Waals surface area contributed by atoms with Gasteiger partial charge in [-0.3, -0.25) is 0 Å². The highest BCUT2D eigenvalue weighted by atomic mass is 16.5. The molecule has 3 aromatic carbocycles. The summed E-state index contributed by atoms with van der Waals surface area (Å²) < 4.78 is 6.09. The zero-order valence-electron chi connectivity index (χ0n) is 14.0. The van der Waals surface area contributed by atoms with Crippen molar-refractivity contribution in [1.29, 1.82) is 0 Å². The Kier molecular flexibility index (Phi) is 5.17. The maximum Gasteiger partial charge on any atom is 0.123 e. The third-order valence-electron chi connectivity index (χ3n) is 4.21. The minimum Gasteiger partial charge on any atom is -0.489 e. The van der Waals surface area contributed by atoms with Crippen molar-refractivity contribution in [1.82, 2.24) is 0 Å². The predicted octanol–water partition coefficient (Wildman–Crippen LogP) is 4.94. The van der Waals surface area contributed by atoms with E-state index in [0.29, 0.717) is 6.61 Å². The van der Waals surface area contributed by atoms with Gasteiger partial charge in [0.15, 0.2) is 0 Å². The lowest BCUT2D eigenvalue weighted by atomic mass is 10.0. The van der Waals surface area contributed by atoms with Crippen molar-refractivity contribution in [2.75, 3.05) is 5.73 Å². The average Bonchev–Trinajstić information content (AvgIpc) is 2.63. The maximum absolute atomic E-state index is 6.11. The highest BCUT2D eigenvalue weighted by molar-refractivity contribution is 5.54. The van der Waals surface area contributed by atoms with Gasteiger partial charge in [0.25, 0.3) is 0 Å². The molecule has 0 amide bonds. The third-order valence-corrected chi connectivity index (χ3v) is 4.21. The Morgan fingerprint density at radius 1 is 0.792 bits per heavy atom. The molecule has 0 unspecified atom stereocenters. The summed E-state index contributed by atoms with van der Waals surface area (Å²) >= 11 is 0. The SMILES string of the molecule is Cc1cc(OCc2ccccc2)c(CCc2ccccc2)cc1N. The molecular formula is C22H23NO. The molecule has 0 heterocycles. The molecule has 0 atom stereocenters. The standard InChI is InChI=1S/C22H23NO/c1-17-14-22(24-16-19-10-6-3-7-11-19)20(15-21(17)23)13-12-18-8-4-2-5-9-18/h2-11,14-15H,12-13,16,23H2,1H3. The minimum absolute atomic E-state index is 0.572. The van der Waals surface area contributed by atoms with E-state index in [1.807, 2.05) is 31.2 Å². The number of nitrogen functional groups attached to an aromatic ring is 1. The number of hydrogen-bond donors (Lipinski definition) is 1. The highest BCUT2D eigenvalue weighted by Gasteiger charge is 2.08. The van der Waals surface area contributed by atoms with Crippen molar-refractivity contribution in [3.63, 3.8) is 0 Å². The number of anilines is 1. The summed E-state index contributed by atoms with van der Waals surface area (Å²) in [5.41, 5.74) is 11.6. The summed E-state index contributed by atoms with van der Waals surface area (Å²) in [4.78, 5) is 0. The van der Waals surface area contributed by atoms with Crippen LogP contribution in [-0.4, -0.2) is 0 Å². The van der Waals surface area contributed by atoms with Crippen LogP contribution in [0.15, 0.2) is 72.8 Å². The van der Waals surface area contributed by atoms with E-state index >= 15 is 0 Å². The normalized spacial score (nSPS) is 10.5. The molecule has 0 bridgehead atoms. The van der Waals surface area contributed by atoms with Gasteiger partial charge in [-0.15, -0.1) is 0 Å². The molecule has 0 aliphatic rings. The summed E-state index contributed by atoms with van der Waals surface area (Å²) in [6.07, 6.45) is 1.89. The zero-order valence-corrected chi connectivity index (χ0v) is 14.0. The first-order valence-corrected chi connectivity index (χ1v) is 8.32. The van der Waals surface area contributed by atoms with Crippen LogP contribution in [0.5, 0.6) is 5.75 Å². The molecule has 0 saturated heterocycles. The van der Waals surface area contributed by atoms with Gasteiger partial charge in [-0.1, -0.05) is 60.7 Å². The molecule has 2 nitrogen and oxygen atoms in total. The molecule has 0 spiro atoms. The molecule has 0 aliphatic heterocycles. The van der Waals surface area contributed by atoms with Crippen LogP contribution in [0.1, 0.15) is 22.3 Å². The van der Waals surface area contributed by atoms with Crippen LogP contribution in [0.25, 0.3) is 0 Å². The second-order valence-corrected chi connectivity index (χ2v) is 6.08. The predicted molar refractivity (Wildman–Crippen MR) is 100 cm³/mol. The average molecular weight is 317 g/mol. The number of aryl methyl sites for hydroxylation is 3. The van der Waals surface area contributed by atoms with Gasteiger partial charge in [0, 0.05) is 5.69 Å². The highest BCUT2D eigenvalue weighted by Crippen LogP contribution is 2.27. The fourth-order valence-corrected chi connectivity index (χ4v) is 2.73. The molecule has 2 heteroatoms. The maximum atomic E-state index is 6.11. The van der Waals surface area contributed by atoms with Crippen LogP contribution >= 0.6 is 0 Å². The van der Waals surface area contributed by atoms with Gasteiger partial charge in [0.2, 0.25) is 0 Å². The number of ether oxygens (including phenoxy) is 1. The lowest BCUT2D eigenvalue weighted by Gasteiger charge is -2.14. The van der Waals surface area contributed by atoms with Crippen LogP contribution in [0.3, 0.4) is 0 Å². The van der Waals surface area contributed by atoms with E-state index in [0.717, 1.165) is 35.4 Å². The van der Waals surface area contributed by atoms with Gasteiger partial charge < -0.3 is 10.5 Å². The van der Waals surface area contributed by atoms with Crippen molar-refractivity contribution >= 4 is 5.69 Å². The fraction of sp³-hybridized carbons (Fsp3) is 0.182. The third kappa shape index (κ3) is 4.17. The summed E-state index contributed by atoms with van der Waals surface area (Å²) in [6.45, 7) is 2.59. The van der Waals surface area contributed by atoms with Crippen molar-refractivity contribution in [3.8, 4) is 5.75 Å². The van der Waals surface area contributed by atoms with E-state index in [2.05, 4.69) is 48.5 Å². The second kappa shape index (κ2) is 7.69. The molecule has 122 valence electrons. The van der Waals surface area contributed by atoms with Gasteiger partial charge >= 0.3 is 0 Å². The molecule has 3 aromatic rings. The molecule has 0 aromatic heterocycles. The van der Waals surface area contributed by atoms with E-state index in [4.69, 9.17) is 10.5 Å². The Balaban J connectivity index is 1.75. The van der Waals surface area contributed by atoms with Crippen LogP contribution < -0.4 is 10.5 Å². The Hall–Kier alpha value is -2.74. The van der Waals surface area contributed by atoms with Gasteiger partial charge in [0.05, 0.1) is 0 Å². The van der Waals surface area contributed by atoms with E-state index in [9.17, 15) is 0 Å². The van der Waals surface area contributed by atoms with Crippen molar-refractivity contribution < 1.29 is 4.74 Å². The Labute approximate surface area is 143 Å². The first kappa shape index (κ1) is 16.1. The monoisotopic (exact) mass is 317 g/mol. The Morgan fingerprint density at radius 2 is 1.42 bits per heavy atom. The largest absolute Gasteiger partial charge is 0.489 e. The van der Waals surface area contributed by atoms with Crippen molar-refractivity contribution in [3.05, 3.63) is 95.1 Å². The molecule has 3 rings (SSSR count). The van der Waals surface area contributed by atoms with Gasteiger partial charge in [-0.2, -0.15) is 0 Å². The first-order chi connectivity index (χ1) is 11.7. The van der Waals surface area contributed by atoms with E-state index in [1.54, 1.807) is 0 Å². The minimum atomic E-state index is 0.572. The number of hydrogen-bond acceptors (Lipinski definition) is 2. The summed E-state index contributed by atoms with van der Waals surface area (Å²) in [5.74, 6) is 0.932. The molecule has 0 fully saturated rings. The van der Waals surface area contributed by atoms with E-state index in [1.165, 1.54) is 11.1 Å². The van der Waals surface area contributed by atoms with E-state index < -0.39 is 0 Å². The number of rotatable bonds is 6. The van der Waals surface area contributed by atoms with Gasteiger partial charge in [-0.05, 0) is 54.2 Å². The van der Waals surface area contributed by atoms with Crippen molar-refractivity contribution in [2.24, 2.45) is 0 Å². The van der Waals surface area contributed by atoms with Gasteiger partial charge in [-0.25, -0.2) is 0 Å². The van der Waals surface area contributed by atoms with Crippen molar-refractivity contribution in [2.45, 2.75) is 26.4 Å². The van der Waals surface area contributed by atoms with E-state index in [-0.39, 0.29) is 0 Å². The molecule has 0 radical (unpaired) electrons.